The molecule has 2 N–H and O–H groups in total. The summed E-state index contributed by atoms with van der Waals surface area (Å²) in [5.74, 6) is -3.44. The quantitative estimate of drug-likeness (QED) is 0.569. The van der Waals surface area contributed by atoms with E-state index in [0.717, 1.165) is 23.9 Å². The fourth-order valence-electron chi connectivity index (χ4n) is 3.36. The summed E-state index contributed by atoms with van der Waals surface area (Å²) in [6.07, 6.45) is -1.16. The van der Waals surface area contributed by atoms with Crippen LogP contribution in [0.3, 0.4) is 0 Å². The summed E-state index contributed by atoms with van der Waals surface area (Å²) in [5.41, 5.74) is 0.649. The van der Waals surface area contributed by atoms with E-state index in [9.17, 15) is 27.9 Å². The number of carboxylic acids is 1. The van der Waals surface area contributed by atoms with Crippen LogP contribution in [-0.4, -0.2) is 53.3 Å². The lowest BCUT2D eigenvalue weighted by Gasteiger charge is -2.30. The van der Waals surface area contributed by atoms with Crippen LogP contribution >= 0.6 is 11.8 Å². The maximum Gasteiger partial charge on any atom is 0.332 e. The highest BCUT2D eigenvalue weighted by Crippen LogP contribution is 2.30. The van der Waals surface area contributed by atoms with E-state index in [1.807, 2.05) is 0 Å². The monoisotopic (exact) mass is 480 g/mol. The smallest absolute Gasteiger partial charge is 0.332 e. The van der Waals surface area contributed by atoms with E-state index in [2.05, 4.69) is 10.3 Å². The maximum atomic E-state index is 13.7. The van der Waals surface area contributed by atoms with E-state index in [-0.39, 0.29) is 42.6 Å². The maximum absolute atomic E-state index is 13.7. The van der Waals surface area contributed by atoms with Gasteiger partial charge in [-0.3, -0.25) is 9.79 Å². The Morgan fingerprint density at radius 3 is 2.64 bits per heavy atom. The number of carboxylic acid groups (broad SMARTS) is 1. The molecular formula is C23H23F3N2O4S. The van der Waals surface area contributed by atoms with Gasteiger partial charge in [0.15, 0.2) is 11.3 Å². The number of aliphatic imine (C=N–C) groups is 1. The Hall–Kier alpha value is -2.85. The third kappa shape index (κ3) is 7.06. The third-order valence-electron chi connectivity index (χ3n) is 5.16. The van der Waals surface area contributed by atoms with Gasteiger partial charge in [-0.2, -0.15) is 0 Å². The summed E-state index contributed by atoms with van der Waals surface area (Å²) in [4.78, 5) is 28.2. The lowest BCUT2D eigenvalue weighted by atomic mass is 9.97. The third-order valence-corrected chi connectivity index (χ3v) is 6.43. The summed E-state index contributed by atoms with van der Waals surface area (Å²) in [7, 11) is 0. The van der Waals surface area contributed by atoms with Crippen LogP contribution in [0.4, 0.5) is 13.2 Å². The van der Waals surface area contributed by atoms with Gasteiger partial charge in [0.1, 0.15) is 18.3 Å². The average Bonchev–Trinajstić information content (AvgIpc) is 2.80. The highest BCUT2D eigenvalue weighted by atomic mass is 32.2. The zero-order chi connectivity index (χ0) is 23.8. The molecular weight excluding hydrogens is 457 g/mol. The van der Waals surface area contributed by atoms with E-state index in [4.69, 9.17) is 4.74 Å². The molecule has 2 aromatic carbocycles. The lowest BCUT2D eigenvalue weighted by Crippen LogP contribution is -2.39. The van der Waals surface area contributed by atoms with Gasteiger partial charge in [0.25, 0.3) is 5.91 Å². The lowest BCUT2D eigenvalue weighted by molar-refractivity contribution is -0.151. The van der Waals surface area contributed by atoms with E-state index >= 15 is 0 Å². The number of hydrogen-bond acceptors (Lipinski definition) is 5. The van der Waals surface area contributed by atoms with Gasteiger partial charge < -0.3 is 15.2 Å². The van der Waals surface area contributed by atoms with Crippen molar-refractivity contribution in [3.05, 3.63) is 71.3 Å². The zero-order valence-electron chi connectivity index (χ0n) is 17.5. The first-order valence-electron chi connectivity index (χ1n) is 10.3. The molecule has 0 aliphatic carbocycles. The van der Waals surface area contributed by atoms with Gasteiger partial charge in [0.2, 0.25) is 0 Å². The first-order chi connectivity index (χ1) is 15.9. The number of benzene rings is 2. The SMILES string of the molecule is O=C(NC1=NC[C@@H](C[C@@H](OCCc2ccc(F)cc2F)C(=O)O)[C@@H](CF)S1)c1ccccc1. The van der Waals surface area contributed by atoms with Crippen molar-refractivity contribution >= 4 is 28.8 Å². The number of rotatable bonds is 9. The van der Waals surface area contributed by atoms with Crippen molar-refractivity contribution in [2.75, 3.05) is 19.8 Å². The topological polar surface area (TPSA) is 88.0 Å². The van der Waals surface area contributed by atoms with E-state index < -0.39 is 41.6 Å². The Bertz CT molecular complexity index is 1010. The summed E-state index contributed by atoms with van der Waals surface area (Å²) < 4.78 is 45.9. The van der Waals surface area contributed by atoms with Gasteiger partial charge in [-0.1, -0.05) is 36.0 Å². The van der Waals surface area contributed by atoms with Crippen molar-refractivity contribution in [2.24, 2.45) is 10.9 Å². The fraction of sp³-hybridized carbons (Fsp3) is 0.348. The predicted octanol–water partition coefficient (Wildman–Crippen LogP) is 3.85. The summed E-state index contributed by atoms with van der Waals surface area (Å²) in [6, 6.07) is 11.7. The van der Waals surface area contributed by atoms with Crippen LogP contribution in [0.15, 0.2) is 53.5 Å². The molecule has 0 aromatic heterocycles. The number of halogens is 3. The molecule has 0 spiro atoms. The molecule has 33 heavy (non-hydrogen) atoms. The summed E-state index contributed by atoms with van der Waals surface area (Å²) >= 11 is 1.05. The number of alkyl halides is 1. The van der Waals surface area contributed by atoms with Gasteiger partial charge in [0.05, 0.1) is 6.61 Å². The van der Waals surface area contributed by atoms with Crippen molar-refractivity contribution in [3.63, 3.8) is 0 Å². The van der Waals surface area contributed by atoms with E-state index in [0.29, 0.717) is 5.56 Å². The minimum Gasteiger partial charge on any atom is -0.479 e. The molecule has 1 amide bonds. The van der Waals surface area contributed by atoms with Crippen LogP contribution in [0.25, 0.3) is 0 Å². The molecule has 10 heteroatoms. The van der Waals surface area contributed by atoms with Crippen LogP contribution in [0.2, 0.25) is 0 Å². The highest BCUT2D eigenvalue weighted by molar-refractivity contribution is 8.14. The first kappa shape index (κ1) is 24.8. The molecule has 0 saturated heterocycles. The average molecular weight is 481 g/mol. The van der Waals surface area contributed by atoms with Gasteiger partial charge in [-0.15, -0.1) is 0 Å². The largest absolute Gasteiger partial charge is 0.479 e. The molecule has 2 aromatic rings. The second-order valence-corrected chi connectivity index (χ2v) is 8.68. The summed E-state index contributed by atoms with van der Waals surface area (Å²) in [6.45, 7) is -0.699. The number of aliphatic carboxylic acids is 1. The van der Waals surface area contributed by atoms with Gasteiger partial charge in [-0.05, 0) is 42.5 Å². The number of hydrogen-bond donors (Lipinski definition) is 2. The van der Waals surface area contributed by atoms with Crippen molar-refractivity contribution in [2.45, 2.75) is 24.2 Å². The molecule has 0 fully saturated rings. The number of nitrogens with one attached hydrogen (secondary N) is 1. The Balaban J connectivity index is 1.56. The minimum absolute atomic E-state index is 0.00618. The number of nitrogens with zero attached hydrogens (tertiary/aromatic N) is 1. The number of amides is 1. The summed E-state index contributed by atoms with van der Waals surface area (Å²) in [5, 5.41) is 11.8. The van der Waals surface area contributed by atoms with Crippen molar-refractivity contribution in [3.8, 4) is 0 Å². The first-order valence-corrected chi connectivity index (χ1v) is 11.2. The molecule has 0 radical (unpaired) electrons. The normalized spacial score (nSPS) is 18.9. The van der Waals surface area contributed by atoms with Crippen LogP contribution < -0.4 is 5.32 Å². The number of ether oxygens (including phenoxy) is 1. The number of carbonyl (C=O) groups is 2. The molecule has 1 heterocycles. The second kappa shape index (κ2) is 11.9. The van der Waals surface area contributed by atoms with Crippen LogP contribution in [0, 0.1) is 17.6 Å². The Kier molecular flexibility index (Phi) is 8.90. The standard InChI is InChI=1S/C23H23F3N2O4S/c24-12-20-16(13-27-23(33-20)28-21(29)15-4-2-1-3-5-15)10-19(22(30)31)32-9-8-14-6-7-17(25)11-18(14)26/h1-7,11,16,19-20H,8-10,12-13H2,(H,30,31)(H,27,28,29)/t16-,19-,20-/m1/s1. The van der Waals surface area contributed by atoms with E-state index in [1.54, 1.807) is 30.3 Å². The molecule has 176 valence electrons. The van der Waals surface area contributed by atoms with Crippen LogP contribution in [-0.2, 0) is 16.0 Å². The van der Waals surface area contributed by atoms with E-state index in [1.165, 1.54) is 6.07 Å². The molecule has 0 unspecified atom stereocenters. The van der Waals surface area contributed by atoms with Gasteiger partial charge in [0, 0.05) is 23.4 Å². The molecule has 1 aliphatic heterocycles. The van der Waals surface area contributed by atoms with Crippen LogP contribution in [0.1, 0.15) is 22.3 Å². The van der Waals surface area contributed by atoms with Crippen molar-refractivity contribution in [1.29, 1.82) is 0 Å². The Labute approximate surface area is 193 Å². The highest BCUT2D eigenvalue weighted by Gasteiger charge is 2.33. The van der Waals surface area contributed by atoms with Gasteiger partial charge >= 0.3 is 5.97 Å². The molecule has 0 bridgehead atoms. The minimum atomic E-state index is -1.23. The predicted molar refractivity (Wildman–Crippen MR) is 119 cm³/mol. The number of carbonyl (C=O) groups excluding carboxylic acids is 1. The molecule has 1 aliphatic rings. The molecule has 3 rings (SSSR count). The Morgan fingerprint density at radius 2 is 1.97 bits per heavy atom. The fourth-order valence-corrected chi connectivity index (χ4v) is 4.40. The Morgan fingerprint density at radius 1 is 1.21 bits per heavy atom. The van der Waals surface area contributed by atoms with Gasteiger partial charge in [-0.25, -0.2) is 18.0 Å². The van der Waals surface area contributed by atoms with Crippen molar-refractivity contribution < 1.29 is 32.6 Å². The zero-order valence-corrected chi connectivity index (χ0v) is 18.4. The molecule has 3 atom stereocenters. The second-order valence-electron chi connectivity index (χ2n) is 7.46. The number of amidine groups is 1. The number of thioether (sulfide) groups is 1. The van der Waals surface area contributed by atoms with Crippen LogP contribution in [0.5, 0.6) is 0 Å². The molecule has 6 nitrogen and oxygen atoms in total. The van der Waals surface area contributed by atoms with Crippen molar-refractivity contribution in [1.82, 2.24) is 5.32 Å². The molecule has 0 saturated carbocycles.